The van der Waals surface area contributed by atoms with E-state index in [-0.39, 0.29) is 17.0 Å². The Labute approximate surface area is 73.0 Å². The third kappa shape index (κ3) is 0.970. The average molecular weight is 179 g/mol. The number of Topliss-reactive ketones (excluding diaryl/α,β-unsaturated/α-hetero) is 1. The number of rotatable bonds is 0. The predicted molar refractivity (Wildman–Crippen MR) is 41.1 cm³/mol. The molecule has 1 N–H and O–H groups in total. The first-order valence-corrected chi connectivity index (χ1v) is 3.62. The summed E-state index contributed by atoms with van der Waals surface area (Å²) < 4.78 is 4.62. The summed E-state index contributed by atoms with van der Waals surface area (Å²) in [5.74, 6) is -1.49. The lowest BCUT2D eigenvalue weighted by molar-refractivity contribution is -0.145. The Morgan fingerprint density at radius 2 is 2.23 bits per heavy atom. The molecule has 1 heterocycles. The quantitative estimate of drug-likeness (QED) is 0.248. The van der Waals surface area contributed by atoms with Crippen molar-refractivity contribution in [2.75, 3.05) is 0 Å². The fourth-order valence-corrected chi connectivity index (χ4v) is 1.27. The molecule has 5 heteroatoms. The molecule has 1 aliphatic carbocycles. The summed E-state index contributed by atoms with van der Waals surface area (Å²) in [6.45, 7) is 0. The molecule has 0 unspecified atom stereocenters. The molecule has 13 heavy (non-hydrogen) atoms. The number of allylic oxidation sites excluding steroid dienone is 2. The summed E-state index contributed by atoms with van der Waals surface area (Å²) in [5, 5.41) is 11.5. The van der Waals surface area contributed by atoms with Crippen molar-refractivity contribution in [1.29, 1.82) is 0 Å². The van der Waals surface area contributed by atoms with Gasteiger partial charge in [-0.2, -0.15) is 0 Å². The lowest BCUT2D eigenvalue weighted by atomic mass is 9.99. The topological polar surface area (TPSA) is 76.0 Å². The highest BCUT2D eigenvalue weighted by Gasteiger charge is 2.37. The molecule has 0 amide bonds. The smallest absolute Gasteiger partial charge is 0.385 e. The van der Waals surface area contributed by atoms with Gasteiger partial charge in [-0.05, 0) is 6.08 Å². The van der Waals surface area contributed by atoms with Gasteiger partial charge in [-0.15, -0.1) is 0 Å². The number of carbonyl (C=O) groups excluding carboxylic acids is 2. The van der Waals surface area contributed by atoms with E-state index in [1.807, 2.05) is 0 Å². The Morgan fingerprint density at radius 1 is 1.46 bits per heavy atom. The van der Waals surface area contributed by atoms with Crippen LogP contribution in [0.2, 0.25) is 0 Å². The molecule has 2 aliphatic rings. The van der Waals surface area contributed by atoms with Crippen LogP contribution in [0, 0.1) is 0 Å². The van der Waals surface area contributed by atoms with E-state index in [4.69, 9.17) is 5.21 Å². The highest BCUT2D eigenvalue weighted by Crippen LogP contribution is 2.25. The van der Waals surface area contributed by atoms with Gasteiger partial charge in [0.2, 0.25) is 0 Å². The van der Waals surface area contributed by atoms with Crippen molar-refractivity contribution in [2.24, 2.45) is 5.16 Å². The second-order valence-corrected chi connectivity index (χ2v) is 2.61. The molecule has 0 atom stereocenters. The molecule has 2 rings (SSSR count). The lowest BCUT2D eigenvalue weighted by Gasteiger charge is -2.04. The predicted octanol–water partition coefficient (Wildman–Crippen LogP) is 0.157. The lowest BCUT2D eigenvalue weighted by Crippen LogP contribution is -2.16. The summed E-state index contributed by atoms with van der Waals surface area (Å²) in [7, 11) is 0. The maximum absolute atomic E-state index is 11.2. The van der Waals surface area contributed by atoms with Gasteiger partial charge >= 0.3 is 5.97 Å². The van der Waals surface area contributed by atoms with Crippen molar-refractivity contribution in [3.63, 3.8) is 0 Å². The minimum absolute atomic E-state index is 0.0787. The number of oxime groups is 1. The SMILES string of the molecule is O=C1OC2=C(C1=O)/C(=N/O)CC=C2. The van der Waals surface area contributed by atoms with E-state index >= 15 is 0 Å². The third-order valence-electron chi connectivity index (χ3n) is 1.85. The molecule has 66 valence electrons. The number of carbonyl (C=O) groups is 2. The molecular formula is C8H5NO4. The highest BCUT2D eigenvalue weighted by atomic mass is 16.5. The number of hydrogen-bond acceptors (Lipinski definition) is 5. The Hall–Kier alpha value is -1.91. The molecule has 0 bridgehead atoms. The van der Waals surface area contributed by atoms with Gasteiger partial charge in [-0.25, -0.2) is 4.79 Å². The van der Waals surface area contributed by atoms with Crippen LogP contribution in [0.5, 0.6) is 0 Å². The van der Waals surface area contributed by atoms with Crippen LogP contribution < -0.4 is 0 Å². The van der Waals surface area contributed by atoms with Gasteiger partial charge in [0.1, 0.15) is 5.76 Å². The highest BCUT2D eigenvalue weighted by molar-refractivity contribution is 6.50. The van der Waals surface area contributed by atoms with Gasteiger partial charge in [0.05, 0.1) is 11.3 Å². The van der Waals surface area contributed by atoms with Crippen LogP contribution in [0.1, 0.15) is 6.42 Å². The second-order valence-electron chi connectivity index (χ2n) is 2.61. The fraction of sp³-hybridized carbons (Fsp3) is 0.125. The Kier molecular flexibility index (Phi) is 1.51. The van der Waals surface area contributed by atoms with E-state index in [1.54, 1.807) is 6.08 Å². The summed E-state index contributed by atoms with van der Waals surface area (Å²) in [4.78, 5) is 22.0. The van der Waals surface area contributed by atoms with Gasteiger partial charge in [0, 0.05) is 6.42 Å². The average Bonchev–Trinajstić information content (AvgIpc) is 2.43. The van der Waals surface area contributed by atoms with Crippen molar-refractivity contribution in [3.8, 4) is 0 Å². The molecule has 0 aromatic rings. The van der Waals surface area contributed by atoms with Crippen molar-refractivity contribution >= 4 is 17.5 Å². The summed E-state index contributed by atoms with van der Waals surface area (Å²) in [5.41, 5.74) is 0.253. The van der Waals surface area contributed by atoms with Crippen LogP contribution in [-0.2, 0) is 14.3 Å². The zero-order valence-corrected chi connectivity index (χ0v) is 6.48. The summed E-state index contributed by atoms with van der Waals surface area (Å²) >= 11 is 0. The van der Waals surface area contributed by atoms with E-state index in [1.165, 1.54) is 6.08 Å². The first kappa shape index (κ1) is 7.72. The number of nitrogens with zero attached hydrogens (tertiary/aromatic N) is 1. The molecular weight excluding hydrogens is 174 g/mol. The fourth-order valence-electron chi connectivity index (χ4n) is 1.27. The Balaban J connectivity index is 2.53. The van der Waals surface area contributed by atoms with Crippen molar-refractivity contribution in [2.45, 2.75) is 6.42 Å². The first-order chi connectivity index (χ1) is 6.24. The largest absolute Gasteiger partial charge is 0.420 e. The third-order valence-corrected chi connectivity index (χ3v) is 1.85. The molecule has 5 nitrogen and oxygen atoms in total. The van der Waals surface area contributed by atoms with Gasteiger partial charge in [-0.1, -0.05) is 11.2 Å². The van der Waals surface area contributed by atoms with Crippen molar-refractivity contribution in [1.82, 2.24) is 0 Å². The maximum Gasteiger partial charge on any atom is 0.385 e. The van der Waals surface area contributed by atoms with E-state index < -0.39 is 11.8 Å². The number of hydrogen-bond donors (Lipinski definition) is 1. The van der Waals surface area contributed by atoms with Gasteiger partial charge < -0.3 is 9.94 Å². The van der Waals surface area contributed by atoms with Crippen molar-refractivity contribution in [3.05, 3.63) is 23.5 Å². The van der Waals surface area contributed by atoms with Crippen LogP contribution in [0.15, 0.2) is 28.6 Å². The minimum atomic E-state index is -0.919. The van der Waals surface area contributed by atoms with Gasteiger partial charge in [0.25, 0.3) is 5.78 Å². The van der Waals surface area contributed by atoms with E-state index in [0.29, 0.717) is 6.42 Å². The molecule has 1 aliphatic heterocycles. The summed E-state index contributed by atoms with van der Waals surface area (Å²) in [6.07, 6.45) is 3.50. The van der Waals surface area contributed by atoms with Crippen LogP contribution in [-0.4, -0.2) is 22.7 Å². The standard InChI is InChI=1S/C8H5NO4/c10-7-6-4(9-12)2-1-3-5(6)13-8(7)11/h1,3,12H,2H2/b9-4+. The number of ether oxygens (including phenoxy) is 1. The van der Waals surface area contributed by atoms with Crippen LogP contribution in [0.4, 0.5) is 0 Å². The molecule has 0 aromatic heterocycles. The number of ketones is 1. The van der Waals surface area contributed by atoms with E-state index in [0.717, 1.165) is 0 Å². The zero-order chi connectivity index (χ0) is 9.42. The minimum Gasteiger partial charge on any atom is -0.420 e. The normalized spacial score (nSPS) is 23.8. The molecule has 0 saturated heterocycles. The molecule has 0 spiro atoms. The zero-order valence-electron chi connectivity index (χ0n) is 6.48. The monoisotopic (exact) mass is 179 g/mol. The molecule has 0 aromatic carbocycles. The van der Waals surface area contributed by atoms with Crippen LogP contribution >= 0.6 is 0 Å². The van der Waals surface area contributed by atoms with E-state index in [2.05, 4.69) is 9.89 Å². The van der Waals surface area contributed by atoms with Crippen LogP contribution in [0.3, 0.4) is 0 Å². The van der Waals surface area contributed by atoms with Gasteiger partial charge in [0.15, 0.2) is 0 Å². The van der Waals surface area contributed by atoms with Gasteiger partial charge in [-0.3, -0.25) is 4.79 Å². The number of esters is 1. The van der Waals surface area contributed by atoms with Crippen molar-refractivity contribution < 1.29 is 19.5 Å². The summed E-state index contributed by atoms with van der Waals surface area (Å²) in [6, 6.07) is 0. The molecule has 0 radical (unpaired) electrons. The Morgan fingerprint density at radius 3 is 2.92 bits per heavy atom. The van der Waals surface area contributed by atoms with E-state index in [9.17, 15) is 9.59 Å². The Bertz CT molecular complexity index is 389. The second kappa shape index (κ2) is 2.55. The molecule has 0 saturated carbocycles. The maximum atomic E-state index is 11.2. The molecule has 0 fully saturated rings. The van der Waals surface area contributed by atoms with Crippen LogP contribution in [0.25, 0.3) is 0 Å². The first-order valence-electron chi connectivity index (χ1n) is 3.62.